The summed E-state index contributed by atoms with van der Waals surface area (Å²) < 4.78 is 6.98. The number of aromatic nitrogens is 2. The van der Waals surface area contributed by atoms with E-state index >= 15 is 0 Å². The van der Waals surface area contributed by atoms with Crippen LogP contribution in [-0.2, 0) is 23.0 Å². The van der Waals surface area contributed by atoms with Crippen LogP contribution >= 0.6 is 0 Å². The number of likely N-dealkylation sites (N-methyl/N-ethyl adjacent to an activating group) is 1. The van der Waals surface area contributed by atoms with Gasteiger partial charge in [0.2, 0.25) is 5.56 Å². The maximum Gasteiger partial charge on any atom is 0.255 e. The monoisotopic (exact) mass is 384 g/mol. The van der Waals surface area contributed by atoms with Gasteiger partial charge in [-0.25, -0.2) is 0 Å². The van der Waals surface area contributed by atoms with Crippen molar-refractivity contribution >= 4 is 11.8 Å². The zero-order valence-electron chi connectivity index (χ0n) is 16.1. The maximum absolute atomic E-state index is 12.7. The summed E-state index contributed by atoms with van der Waals surface area (Å²) in [4.78, 5) is 44.4. The molecule has 8 nitrogen and oxygen atoms in total. The Morgan fingerprint density at radius 2 is 2.11 bits per heavy atom. The normalized spacial score (nSPS) is 16.6. The van der Waals surface area contributed by atoms with Gasteiger partial charge in [0.15, 0.2) is 6.10 Å². The van der Waals surface area contributed by atoms with Gasteiger partial charge in [-0.15, -0.1) is 0 Å². The molecule has 0 saturated carbocycles. The molecule has 2 amide bonds. The number of carbonyl (C=O) groups excluding carboxylic acids is 2. The average molecular weight is 384 g/mol. The fourth-order valence-electron chi connectivity index (χ4n) is 3.07. The first-order valence-corrected chi connectivity index (χ1v) is 9.18. The van der Waals surface area contributed by atoms with Crippen molar-refractivity contribution in [2.75, 3.05) is 33.3 Å². The first kappa shape index (κ1) is 19.8. The van der Waals surface area contributed by atoms with Crippen molar-refractivity contribution in [1.29, 1.82) is 0 Å². The van der Waals surface area contributed by atoms with Crippen LogP contribution in [0.25, 0.3) is 0 Å². The molecule has 0 aliphatic carbocycles. The average Bonchev–Trinajstić information content (AvgIpc) is 2.73. The van der Waals surface area contributed by atoms with Gasteiger partial charge < -0.3 is 19.1 Å². The van der Waals surface area contributed by atoms with Crippen molar-refractivity contribution in [3.8, 4) is 0 Å². The lowest BCUT2D eigenvalue weighted by atomic mass is 10.2. The standard InChI is InChI=1S/C20H24N4O4/c1-22(10-8-16-5-3-4-9-21-16)20(27)17-14-24(11-12-28-17)19(26)15-6-7-18(25)23(2)13-15/h3-7,9,13,17H,8,10-12,14H2,1-2H3. The lowest BCUT2D eigenvalue weighted by Gasteiger charge is -2.34. The van der Waals surface area contributed by atoms with E-state index in [1.807, 2.05) is 18.2 Å². The molecular weight excluding hydrogens is 360 g/mol. The molecule has 0 spiro atoms. The molecule has 2 aromatic heterocycles. The Morgan fingerprint density at radius 1 is 1.29 bits per heavy atom. The highest BCUT2D eigenvalue weighted by Crippen LogP contribution is 2.12. The Bertz CT molecular complexity index is 897. The number of morpholine rings is 1. The molecule has 28 heavy (non-hydrogen) atoms. The molecule has 1 fully saturated rings. The molecule has 1 atom stereocenters. The quantitative estimate of drug-likeness (QED) is 0.741. The fraction of sp³-hybridized carbons (Fsp3) is 0.400. The molecule has 1 aliphatic heterocycles. The van der Waals surface area contributed by atoms with E-state index < -0.39 is 6.10 Å². The highest BCUT2D eigenvalue weighted by molar-refractivity contribution is 5.94. The van der Waals surface area contributed by atoms with E-state index in [4.69, 9.17) is 4.74 Å². The van der Waals surface area contributed by atoms with Crippen LogP contribution in [0, 0.1) is 0 Å². The number of amides is 2. The molecule has 1 unspecified atom stereocenters. The van der Waals surface area contributed by atoms with Crippen molar-refractivity contribution in [2.45, 2.75) is 12.5 Å². The molecule has 0 aromatic carbocycles. The molecule has 3 heterocycles. The van der Waals surface area contributed by atoms with Crippen molar-refractivity contribution < 1.29 is 14.3 Å². The second-order valence-electron chi connectivity index (χ2n) is 6.81. The summed E-state index contributed by atoms with van der Waals surface area (Å²) in [5, 5.41) is 0. The van der Waals surface area contributed by atoms with Crippen molar-refractivity contribution in [3.63, 3.8) is 0 Å². The molecular formula is C20H24N4O4. The lowest BCUT2D eigenvalue weighted by Crippen LogP contribution is -2.52. The molecule has 8 heteroatoms. The number of aryl methyl sites for hydroxylation is 1. The second kappa shape index (κ2) is 8.79. The summed E-state index contributed by atoms with van der Waals surface area (Å²) >= 11 is 0. The molecule has 3 rings (SSSR count). The van der Waals surface area contributed by atoms with Crippen molar-refractivity contribution in [3.05, 3.63) is 64.3 Å². The van der Waals surface area contributed by atoms with Crippen LogP contribution in [0.3, 0.4) is 0 Å². The van der Waals surface area contributed by atoms with E-state index in [0.29, 0.717) is 31.7 Å². The van der Waals surface area contributed by atoms with Crippen molar-refractivity contribution in [2.24, 2.45) is 7.05 Å². The number of pyridine rings is 2. The van der Waals surface area contributed by atoms with Gasteiger partial charge in [-0.3, -0.25) is 19.4 Å². The van der Waals surface area contributed by atoms with Gasteiger partial charge in [-0.05, 0) is 18.2 Å². The molecule has 0 bridgehead atoms. The minimum atomic E-state index is -0.695. The van der Waals surface area contributed by atoms with Gasteiger partial charge in [0.25, 0.3) is 11.8 Å². The van der Waals surface area contributed by atoms with E-state index in [0.717, 1.165) is 5.69 Å². The Kier molecular flexibility index (Phi) is 6.20. The van der Waals surface area contributed by atoms with E-state index in [2.05, 4.69) is 4.98 Å². The zero-order valence-corrected chi connectivity index (χ0v) is 16.1. The Labute approximate surface area is 163 Å². The molecule has 148 valence electrons. The predicted molar refractivity (Wildman–Crippen MR) is 103 cm³/mol. The van der Waals surface area contributed by atoms with Gasteiger partial charge in [-0.1, -0.05) is 6.07 Å². The number of hydrogen-bond donors (Lipinski definition) is 0. The predicted octanol–water partition coefficient (Wildman–Crippen LogP) is 0.322. The van der Waals surface area contributed by atoms with Gasteiger partial charge in [-0.2, -0.15) is 0 Å². The molecule has 0 N–H and O–H groups in total. The topological polar surface area (TPSA) is 84.7 Å². The minimum absolute atomic E-state index is 0.158. The summed E-state index contributed by atoms with van der Waals surface area (Å²) in [5.74, 6) is -0.373. The Morgan fingerprint density at radius 3 is 2.82 bits per heavy atom. The highest BCUT2D eigenvalue weighted by atomic mass is 16.5. The number of carbonyl (C=O) groups is 2. The zero-order chi connectivity index (χ0) is 20.1. The van der Waals surface area contributed by atoms with E-state index in [-0.39, 0.29) is 23.9 Å². The third-order valence-corrected chi connectivity index (χ3v) is 4.77. The smallest absolute Gasteiger partial charge is 0.255 e. The SMILES string of the molecule is CN(CCc1ccccn1)C(=O)C1CN(C(=O)c2ccc(=O)n(C)c2)CCO1. The summed E-state index contributed by atoms with van der Waals surface area (Å²) in [6.07, 6.45) is 3.19. The maximum atomic E-state index is 12.7. The number of nitrogens with zero attached hydrogens (tertiary/aromatic N) is 4. The minimum Gasteiger partial charge on any atom is -0.365 e. The second-order valence-corrected chi connectivity index (χ2v) is 6.81. The van der Waals surface area contributed by atoms with Crippen molar-refractivity contribution in [1.82, 2.24) is 19.4 Å². The summed E-state index contributed by atoms with van der Waals surface area (Å²) in [7, 11) is 3.32. The van der Waals surface area contributed by atoms with Gasteiger partial charge in [0, 0.05) is 57.8 Å². The third kappa shape index (κ3) is 4.64. The number of rotatable bonds is 5. The third-order valence-electron chi connectivity index (χ3n) is 4.77. The Balaban J connectivity index is 1.60. The molecule has 0 radical (unpaired) electrons. The number of hydrogen-bond acceptors (Lipinski definition) is 5. The van der Waals surface area contributed by atoms with Crippen LogP contribution in [0.5, 0.6) is 0 Å². The van der Waals surface area contributed by atoms with Crippen LogP contribution in [0.1, 0.15) is 16.1 Å². The Hall–Kier alpha value is -3.00. The van der Waals surface area contributed by atoms with Gasteiger partial charge >= 0.3 is 0 Å². The van der Waals surface area contributed by atoms with Crippen LogP contribution in [0.15, 0.2) is 47.5 Å². The molecule has 1 aliphatic rings. The van der Waals surface area contributed by atoms with Crippen LogP contribution < -0.4 is 5.56 Å². The van der Waals surface area contributed by atoms with E-state index in [1.54, 1.807) is 30.1 Å². The summed E-state index contributed by atoms with van der Waals surface area (Å²) in [6, 6.07) is 8.56. The molecule has 1 saturated heterocycles. The first-order valence-electron chi connectivity index (χ1n) is 9.18. The van der Waals surface area contributed by atoms with Gasteiger partial charge in [0.1, 0.15) is 0 Å². The largest absolute Gasteiger partial charge is 0.365 e. The van der Waals surface area contributed by atoms with E-state index in [9.17, 15) is 14.4 Å². The first-order chi connectivity index (χ1) is 13.5. The highest BCUT2D eigenvalue weighted by Gasteiger charge is 2.31. The van der Waals surface area contributed by atoms with Gasteiger partial charge in [0.05, 0.1) is 18.7 Å². The summed E-state index contributed by atoms with van der Waals surface area (Å²) in [5.41, 5.74) is 1.15. The lowest BCUT2D eigenvalue weighted by molar-refractivity contribution is -0.146. The van der Waals surface area contributed by atoms with Crippen LogP contribution in [0.2, 0.25) is 0 Å². The summed E-state index contributed by atoms with van der Waals surface area (Å²) in [6.45, 7) is 1.41. The van der Waals surface area contributed by atoms with E-state index in [1.165, 1.54) is 22.9 Å². The van der Waals surface area contributed by atoms with Crippen LogP contribution in [-0.4, -0.2) is 70.6 Å². The fourth-order valence-corrected chi connectivity index (χ4v) is 3.07. The number of ether oxygens (including phenoxy) is 1. The van der Waals surface area contributed by atoms with Crippen LogP contribution in [0.4, 0.5) is 0 Å². The molecule has 2 aromatic rings.